The largest absolute Gasteiger partial charge is 0.446 e. The number of carbonyl (C=O) groups is 2. The van der Waals surface area contributed by atoms with E-state index in [2.05, 4.69) is 16.0 Å². The third kappa shape index (κ3) is 4.78. The van der Waals surface area contributed by atoms with E-state index in [0.29, 0.717) is 11.4 Å². The van der Waals surface area contributed by atoms with Gasteiger partial charge in [-0.3, -0.25) is 9.59 Å². The zero-order valence-electron chi connectivity index (χ0n) is 15.1. The van der Waals surface area contributed by atoms with Gasteiger partial charge in [0.1, 0.15) is 6.04 Å². The Labute approximate surface area is 164 Å². The number of nitrogens with one attached hydrogen (secondary N) is 3. The molecule has 5 nitrogen and oxygen atoms in total. The lowest BCUT2D eigenvalue weighted by molar-refractivity contribution is -0.122. The molecule has 0 saturated carbocycles. The minimum atomic E-state index is -4.47. The molecule has 0 fully saturated rings. The Bertz CT molecular complexity index is 931. The molecule has 0 spiro atoms. The summed E-state index contributed by atoms with van der Waals surface area (Å²) in [5.41, 5.74) is -1.02. The van der Waals surface area contributed by atoms with Crippen molar-refractivity contribution in [3.8, 4) is 0 Å². The fraction of sp³-hybridized carbons (Fsp3) is 0.263. The molecule has 3 rings (SSSR count). The van der Waals surface area contributed by atoms with Crippen molar-refractivity contribution in [2.75, 3.05) is 16.0 Å². The molecule has 0 aromatic heterocycles. The number of aryl methyl sites for hydroxylation is 2. The Morgan fingerprint density at radius 1 is 1.14 bits per heavy atom. The van der Waals surface area contributed by atoms with E-state index < -0.39 is 17.5 Å². The summed E-state index contributed by atoms with van der Waals surface area (Å²) in [5.74, 6) is -0.931. The van der Waals surface area contributed by atoms with Crippen LogP contribution in [0, 0.1) is 13.8 Å². The SMILES string of the molecule is Cc1cc2c(cc1C)N[C@@H](CC(=O)Nc1ccccc1SC(F)(F)F)C(=O)N2. The van der Waals surface area contributed by atoms with Crippen LogP contribution in [0.4, 0.5) is 30.2 Å². The number of halogens is 3. The van der Waals surface area contributed by atoms with Crippen molar-refractivity contribution >= 4 is 40.6 Å². The summed E-state index contributed by atoms with van der Waals surface area (Å²) < 4.78 is 38.0. The molecule has 1 aliphatic rings. The third-order valence-corrected chi connectivity index (χ3v) is 5.12. The van der Waals surface area contributed by atoms with E-state index in [9.17, 15) is 22.8 Å². The summed E-state index contributed by atoms with van der Waals surface area (Å²) in [4.78, 5) is 24.5. The van der Waals surface area contributed by atoms with E-state index in [-0.39, 0.29) is 34.7 Å². The highest BCUT2D eigenvalue weighted by atomic mass is 32.2. The first kappa shape index (κ1) is 20.1. The van der Waals surface area contributed by atoms with Crippen molar-refractivity contribution in [1.82, 2.24) is 0 Å². The number of benzene rings is 2. The van der Waals surface area contributed by atoms with Gasteiger partial charge in [-0.05, 0) is 61.0 Å². The molecule has 0 bridgehead atoms. The first-order chi connectivity index (χ1) is 13.1. The number of anilines is 3. The number of rotatable bonds is 4. The average Bonchev–Trinajstić information content (AvgIpc) is 2.58. The van der Waals surface area contributed by atoms with Crippen LogP contribution in [0.25, 0.3) is 0 Å². The summed E-state index contributed by atoms with van der Waals surface area (Å²) in [6.07, 6.45) is -0.219. The van der Waals surface area contributed by atoms with E-state index in [1.165, 1.54) is 24.3 Å². The van der Waals surface area contributed by atoms with Crippen LogP contribution in [0.3, 0.4) is 0 Å². The number of para-hydroxylation sites is 1. The third-order valence-electron chi connectivity index (χ3n) is 4.31. The van der Waals surface area contributed by atoms with Gasteiger partial charge in [0.15, 0.2) is 0 Å². The second kappa shape index (κ2) is 7.75. The van der Waals surface area contributed by atoms with Crippen LogP contribution in [-0.2, 0) is 9.59 Å². The molecular formula is C19H18F3N3O2S. The maximum atomic E-state index is 12.7. The fourth-order valence-corrected chi connectivity index (χ4v) is 3.45. The van der Waals surface area contributed by atoms with Crippen molar-refractivity contribution in [3.63, 3.8) is 0 Å². The first-order valence-electron chi connectivity index (χ1n) is 8.45. The molecule has 2 aromatic carbocycles. The van der Waals surface area contributed by atoms with E-state index in [4.69, 9.17) is 0 Å². The van der Waals surface area contributed by atoms with Gasteiger partial charge in [-0.15, -0.1) is 0 Å². The van der Waals surface area contributed by atoms with Crippen molar-refractivity contribution in [3.05, 3.63) is 47.5 Å². The number of alkyl halides is 3. The standard InChI is InChI=1S/C19H18F3N3O2S/c1-10-7-13-14(8-11(10)2)25-18(27)15(23-13)9-17(26)24-12-5-3-4-6-16(12)28-19(20,21)22/h3-8,15,23H,9H2,1-2H3,(H,24,26)(H,25,27)/t15-/m0/s1. The summed E-state index contributed by atoms with van der Waals surface area (Å²) >= 11 is -0.300. The lowest BCUT2D eigenvalue weighted by atomic mass is 10.0. The number of amides is 2. The predicted octanol–water partition coefficient (Wildman–Crippen LogP) is 4.68. The Morgan fingerprint density at radius 3 is 2.46 bits per heavy atom. The molecule has 3 N–H and O–H groups in total. The molecule has 2 amide bonds. The van der Waals surface area contributed by atoms with Crippen molar-refractivity contribution in [2.45, 2.75) is 36.7 Å². The van der Waals surface area contributed by atoms with E-state index in [1.807, 2.05) is 26.0 Å². The molecule has 0 aliphatic carbocycles. The highest BCUT2D eigenvalue weighted by Crippen LogP contribution is 2.40. The quantitative estimate of drug-likeness (QED) is 0.642. The summed E-state index contributed by atoms with van der Waals surface area (Å²) in [5, 5.41) is 8.25. The van der Waals surface area contributed by atoms with Crippen molar-refractivity contribution in [1.29, 1.82) is 0 Å². The Hall–Kier alpha value is -2.68. The van der Waals surface area contributed by atoms with Gasteiger partial charge in [0.2, 0.25) is 11.8 Å². The van der Waals surface area contributed by atoms with Gasteiger partial charge in [-0.25, -0.2) is 0 Å². The smallest absolute Gasteiger partial charge is 0.372 e. The molecule has 1 heterocycles. The maximum absolute atomic E-state index is 12.7. The molecule has 28 heavy (non-hydrogen) atoms. The van der Waals surface area contributed by atoms with Gasteiger partial charge in [-0.2, -0.15) is 13.2 Å². The van der Waals surface area contributed by atoms with Crippen LogP contribution < -0.4 is 16.0 Å². The first-order valence-corrected chi connectivity index (χ1v) is 9.27. The van der Waals surface area contributed by atoms with Crippen molar-refractivity contribution < 1.29 is 22.8 Å². The summed E-state index contributed by atoms with van der Waals surface area (Å²) in [6.45, 7) is 3.86. The molecule has 1 atom stereocenters. The van der Waals surface area contributed by atoms with Crippen LogP contribution in [-0.4, -0.2) is 23.4 Å². The Morgan fingerprint density at radius 2 is 1.79 bits per heavy atom. The van der Waals surface area contributed by atoms with Crippen LogP contribution in [0.5, 0.6) is 0 Å². The highest BCUT2D eigenvalue weighted by Gasteiger charge is 2.31. The zero-order valence-corrected chi connectivity index (χ0v) is 15.9. The molecule has 148 valence electrons. The van der Waals surface area contributed by atoms with Gasteiger partial charge in [0.05, 0.1) is 23.5 Å². The highest BCUT2D eigenvalue weighted by molar-refractivity contribution is 8.00. The molecular weight excluding hydrogens is 391 g/mol. The maximum Gasteiger partial charge on any atom is 0.446 e. The van der Waals surface area contributed by atoms with Gasteiger partial charge in [0.25, 0.3) is 0 Å². The van der Waals surface area contributed by atoms with Crippen LogP contribution >= 0.6 is 11.8 Å². The lowest BCUT2D eigenvalue weighted by Gasteiger charge is -2.27. The number of hydrogen-bond acceptors (Lipinski definition) is 4. The lowest BCUT2D eigenvalue weighted by Crippen LogP contribution is -2.41. The Kier molecular flexibility index (Phi) is 5.55. The molecule has 0 unspecified atom stereocenters. The second-order valence-electron chi connectivity index (χ2n) is 6.46. The van der Waals surface area contributed by atoms with Crippen LogP contribution in [0.2, 0.25) is 0 Å². The van der Waals surface area contributed by atoms with Gasteiger partial charge in [-0.1, -0.05) is 12.1 Å². The minimum Gasteiger partial charge on any atom is -0.372 e. The zero-order chi connectivity index (χ0) is 20.5. The van der Waals surface area contributed by atoms with Crippen molar-refractivity contribution in [2.24, 2.45) is 0 Å². The number of carbonyl (C=O) groups excluding carboxylic acids is 2. The number of hydrogen-bond donors (Lipinski definition) is 3. The summed E-state index contributed by atoms with van der Waals surface area (Å²) in [7, 11) is 0. The monoisotopic (exact) mass is 409 g/mol. The van der Waals surface area contributed by atoms with Crippen LogP contribution in [0.15, 0.2) is 41.3 Å². The van der Waals surface area contributed by atoms with Gasteiger partial charge in [0, 0.05) is 4.90 Å². The second-order valence-corrected chi connectivity index (χ2v) is 7.57. The normalized spacial score (nSPS) is 16.0. The average molecular weight is 409 g/mol. The van der Waals surface area contributed by atoms with Crippen LogP contribution in [0.1, 0.15) is 17.5 Å². The summed E-state index contributed by atoms with van der Waals surface area (Å²) in [6, 6.07) is 8.56. The van der Waals surface area contributed by atoms with E-state index in [1.54, 1.807) is 0 Å². The molecule has 1 aliphatic heterocycles. The number of thioether (sulfide) groups is 1. The van der Waals surface area contributed by atoms with Gasteiger partial charge < -0.3 is 16.0 Å². The number of fused-ring (bicyclic) bond motifs is 1. The van der Waals surface area contributed by atoms with Gasteiger partial charge >= 0.3 is 5.51 Å². The molecule has 9 heteroatoms. The topological polar surface area (TPSA) is 70.2 Å². The van der Waals surface area contributed by atoms with E-state index in [0.717, 1.165) is 11.1 Å². The van der Waals surface area contributed by atoms with E-state index >= 15 is 0 Å². The molecule has 0 saturated heterocycles. The minimum absolute atomic E-state index is 0.0536. The Balaban J connectivity index is 1.70. The molecule has 2 aromatic rings. The predicted molar refractivity (Wildman–Crippen MR) is 104 cm³/mol. The fourth-order valence-electron chi connectivity index (χ4n) is 2.83. The molecule has 0 radical (unpaired) electrons.